The van der Waals surface area contributed by atoms with Crippen molar-refractivity contribution in [1.29, 1.82) is 0 Å². The highest BCUT2D eigenvalue weighted by Gasteiger charge is 2.24. The highest BCUT2D eigenvalue weighted by atomic mass is 14.3. The SMILES string of the molecule is CC1=Cc2c(-c3ccc(C(C)(C)C)cc3)ccc(C(C)(C)C)c2C1. The second kappa shape index (κ2) is 5.62. The molecular formula is C24H30. The number of rotatable bonds is 1. The number of fused-ring (bicyclic) bond motifs is 1. The first-order valence-electron chi connectivity index (χ1n) is 9.02. The zero-order chi connectivity index (χ0) is 17.7. The normalized spacial score (nSPS) is 14.5. The molecule has 0 saturated carbocycles. The molecule has 126 valence electrons. The van der Waals surface area contributed by atoms with E-state index in [-0.39, 0.29) is 10.8 Å². The number of benzene rings is 2. The molecule has 2 aromatic rings. The van der Waals surface area contributed by atoms with Gasteiger partial charge in [0.25, 0.3) is 0 Å². The van der Waals surface area contributed by atoms with E-state index < -0.39 is 0 Å². The van der Waals surface area contributed by atoms with Crippen LogP contribution in [0.4, 0.5) is 0 Å². The Labute approximate surface area is 147 Å². The summed E-state index contributed by atoms with van der Waals surface area (Å²) in [7, 11) is 0. The van der Waals surface area contributed by atoms with Gasteiger partial charge in [-0.15, -0.1) is 0 Å². The van der Waals surface area contributed by atoms with E-state index in [1.54, 1.807) is 0 Å². The first kappa shape index (κ1) is 17.0. The maximum absolute atomic E-state index is 2.39. The summed E-state index contributed by atoms with van der Waals surface area (Å²) in [5.74, 6) is 0. The van der Waals surface area contributed by atoms with Crippen LogP contribution < -0.4 is 0 Å². The van der Waals surface area contributed by atoms with E-state index in [0.717, 1.165) is 6.42 Å². The molecule has 2 aromatic carbocycles. The Morgan fingerprint density at radius 1 is 0.750 bits per heavy atom. The first-order valence-corrected chi connectivity index (χ1v) is 9.02. The Kier molecular flexibility index (Phi) is 3.98. The van der Waals surface area contributed by atoms with E-state index >= 15 is 0 Å². The van der Waals surface area contributed by atoms with Crippen molar-refractivity contribution in [3.63, 3.8) is 0 Å². The molecular weight excluding hydrogens is 288 g/mol. The summed E-state index contributed by atoms with van der Waals surface area (Å²) in [6.45, 7) is 16.0. The van der Waals surface area contributed by atoms with Gasteiger partial charge >= 0.3 is 0 Å². The predicted molar refractivity (Wildman–Crippen MR) is 107 cm³/mol. The van der Waals surface area contributed by atoms with E-state index in [4.69, 9.17) is 0 Å². The summed E-state index contributed by atoms with van der Waals surface area (Å²) >= 11 is 0. The van der Waals surface area contributed by atoms with Crippen LogP contribution in [-0.4, -0.2) is 0 Å². The molecule has 1 aliphatic carbocycles. The van der Waals surface area contributed by atoms with Crippen molar-refractivity contribution in [2.45, 2.75) is 65.7 Å². The summed E-state index contributed by atoms with van der Waals surface area (Å²) in [5.41, 5.74) is 10.4. The maximum atomic E-state index is 2.39. The lowest BCUT2D eigenvalue weighted by Crippen LogP contribution is -2.14. The van der Waals surface area contributed by atoms with Crippen molar-refractivity contribution in [3.05, 3.63) is 64.2 Å². The lowest BCUT2D eigenvalue weighted by Gasteiger charge is -2.24. The topological polar surface area (TPSA) is 0 Å². The molecule has 0 saturated heterocycles. The summed E-state index contributed by atoms with van der Waals surface area (Å²) in [4.78, 5) is 0. The highest BCUT2D eigenvalue weighted by Crippen LogP contribution is 2.40. The van der Waals surface area contributed by atoms with Gasteiger partial charge in [-0.3, -0.25) is 0 Å². The highest BCUT2D eigenvalue weighted by molar-refractivity contribution is 5.82. The van der Waals surface area contributed by atoms with Crippen LogP contribution in [0.2, 0.25) is 0 Å². The molecule has 0 aliphatic heterocycles. The minimum absolute atomic E-state index is 0.192. The lowest BCUT2D eigenvalue weighted by molar-refractivity contribution is 0.584. The molecule has 0 nitrogen and oxygen atoms in total. The summed E-state index contributed by atoms with van der Waals surface area (Å²) in [6, 6.07) is 13.8. The van der Waals surface area contributed by atoms with Gasteiger partial charge in [-0.05, 0) is 57.6 Å². The lowest BCUT2D eigenvalue weighted by atomic mass is 9.80. The van der Waals surface area contributed by atoms with E-state index in [1.165, 1.54) is 39.0 Å². The van der Waals surface area contributed by atoms with Crippen LogP contribution >= 0.6 is 0 Å². The minimum Gasteiger partial charge on any atom is -0.0683 e. The fraction of sp³-hybridized carbons (Fsp3) is 0.417. The third kappa shape index (κ3) is 3.07. The van der Waals surface area contributed by atoms with Crippen molar-refractivity contribution >= 4 is 6.08 Å². The Morgan fingerprint density at radius 3 is 1.92 bits per heavy atom. The van der Waals surface area contributed by atoms with Gasteiger partial charge < -0.3 is 0 Å². The van der Waals surface area contributed by atoms with Crippen molar-refractivity contribution in [3.8, 4) is 11.1 Å². The fourth-order valence-electron chi connectivity index (χ4n) is 3.70. The zero-order valence-electron chi connectivity index (χ0n) is 16.2. The molecule has 0 unspecified atom stereocenters. The van der Waals surface area contributed by atoms with Crippen LogP contribution in [0.1, 0.15) is 70.7 Å². The van der Waals surface area contributed by atoms with Crippen LogP contribution in [0.3, 0.4) is 0 Å². The second-order valence-corrected chi connectivity index (χ2v) is 9.30. The predicted octanol–water partition coefficient (Wildman–Crippen LogP) is 6.91. The average molecular weight is 319 g/mol. The van der Waals surface area contributed by atoms with Crippen molar-refractivity contribution in [2.24, 2.45) is 0 Å². The van der Waals surface area contributed by atoms with Crippen molar-refractivity contribution in [2.75, 3.05) is 0 Å². The quantitative estimate of drug-likeness (QED) is 0.536. The number of allylic oxidation sites excluding steroid dienone is 1. The molecule has 0 radical (unpaired) electrons. The first-order chi connectivity index (χ1) is 11.1. The molecule has 24 heavy (non-hydrogen) atoms. The molecule has 0 N–H and O–H groups in total. The van der Waals surface area contributed by atoms with Crippen LogP contribution in [0.25, 0.3) is 17.2 Å². The van der Waals surface area contributed by atoms with Crippen molar-refractivity contribution in [1.82, 2.24) is 0 Å². The molecule has 0 aromatic heterocycles. The second-order valence-electron chi connectivity index (χ2n) is 9.30. The van der Waals surface area contributed by atoms with E-state index in [0.29, 0.717) is 0 Å². The summed E-state index contributed by atoms with van der Waals surface area (Å²) < 4.78 is 0. The monoisotopic (exact) mass is 318 g/mol. The maximum Gasteiger partial charge on any atom is -0.00574 e. The molecule has 0 fully saturated rings. The van der Waals surface area contributed by atoms with Gasteiger partial charge in [0.1, 0.15) is 0 Å². The minimum atomic E-state index is 0.192. The average Bonchev–Trinajstić information content (AvgIpc) is 2.85. The Morgan fingerprint density at radius 2 is 1.38 bits per heavy atom. The molecule has 0 amide bonds. The molecule has 0 heteroatoms. The molecule has 0 bridgehead atoms. The van der Waals surface area contributed by atoms with Crippen LogP contribution in [0, 0.1) is 0 Å². The van der Waals surface area contributed by atoms with Gasteiger partial charge in [-0.25, -0.2) is 0 Å². The zero-order valence-corrected chi connectivity index (χ0v) is 16.2. The van der Waals surface area contributed by atoms with Crippen LogP contribution in [-0.2, 0) is 17.3 Å². The molecule has 3 rings (SSSR count). The largest absolute Gasteiger partial charge is 0.0683 e. The fourth-order valence-corrected chi connectivity index (χ4v) is 3.70. The summed E-state index contributed by atoms with van der Waals surface area (Å²) in [5, 5.41) is 0. The van der Waals surface area contributed by atoms with E-state index in [2.05, 4.69) is 90.9 Å². The van der Waals surface area contributed by atoms with E-state index in [1.807, 2.05) is 0 Å². The third-order valence-corrected chi connectivity index (χ3v) is 5.07. The molecule has 1 aliphatic rings. The third-order valence-electron chi connectivity index (χ3n) is 5.07. The van der Waals surface area contributed by atoms with Gasteiger partial charge in [0.05, 0.1) is 0 Å². The van der Waals surface area contributed by atoms with Gasteiger partial charge in [-0.2, -0.15) is 0 Å². The number of hydrogen-bond acceptors (Lipinski definition) is 0. The van der Waals surface area contributed by atoms with Gasteiger partial charge in [0.15, 0.2) is 0 Å². The van der Waals surface area contributed by atoms with Crippen molar-refractivity contribution < 1.29 is 0 Å². The van der Waals surface area contributed by atoms with E-state index in [9.17, 15) is 0 Å². The Hall–Kier alpha value is -1.82. The smallest absolute Gasteiger partial charge is 0.00574 e. The van der Waals surface area contributed by atoms with Crippen LogP contribution in [0.5, 0.6) is 0 Å². The van der Waals surface area contributed by atoms with Gasteiger partial charge in [0.2, 0.25) is 0 Å². The van der Waals surface area contributed by atoms with Gasteiger partial charge in [0, 0.05) is 0 Å². The Bertz CT molecular complexity index is 788. The standard InChI is InChI=1S/C24H30/c1-16-14-20-19(12-13-22(21(20)15-16)24(5,6)7)17-8-10-18(11-9-17)23(2,3)4/h8-14H,15H2,1-7H3. The Balaban J connectivity index is 2.12. The summed E-state index contributed by atoms with van der Waals surface area (Å²) in [6.07, 6.45) is 3.48. The molecule has 0 spiro atoms. The molecule has 0 atom stereocenters. The number of hydrogen-bond donors (Lipinski definition) is 0. The van der Waals surface area contributed by atoms with Gasteiger partial charge in [-0.1, -0.05) is 89.6 Å². The van der Waals surface area contributed by atoms with Crippen LogP contribution in [0.15, 0.2) is 42.0 Å². The molecule has 0 heterocycles.